The van der Waals surface area contributed by atoms with Crippen molar-refractivity contribution >= 4 is 110 Å². The summed E-state index contributed by atoms with van der Waals surface area (Å²) in [5.74, 6) is 0. The Balaban J connectivity index is -0.000000144. The van der Waals surface area contributed by atoms with Crippen LogP contribution in [0.2, 0.25) is 84.6 Å². The van der Waals surface area contributed by atoms with Gasteiger partial charge in [0, 0.05) is 145 Å². The normalized spacial score (nSPS) is 11.8. The van der Waals surface area contributed by atoms with Crippen LogP contribution in [0.1, 0.15) is 93.4 Å². The summed E-state index contributed by atoms with van der Waals surface area (Å²) in [6.07, 6.45) is 3.43. The van der Waals surface area contributed by atoms with Crippen LogP contribution in [0.5, 0.6) is 0 Å². The molecule has 0 aliphatic heterocycles. The van der Waals surface area contributed by atoms with Gasteiger partial charge in [-0.15, -0.1) is 0 Å². The highest BCUT2D eigenvalue weighted by Crippen LogP contribution is 2.25. The van der Waals surface area contributed by atoms with E-state index in [2.05, 4.69) is 234 Å². The molecule has 7 N–H and O–H groups in total. The predicted molar refractivity (Wildman–Crippen MR) is 579 cm³/mol. The summed E-state index contributed by atoms with van der Waals surface area (Å²) < 4.78 is 118. The van der Waals surface area contributed by atoms with Crippen LogP contribution in [0.15, 0.2) is 0 Å². The van der Waals surface area contributed by atoms with E-state index >= 15 is 0 Å². The summed E-state index contributed by atoms with van der Waals surface area (Å²) in [4.78, 5) is 80.3. The van der Waals surface area contributed by atoms with Gasteiger partial charge in [0.2, 0.25) is 0 Å². The number of amides is 7. The predicted octanol–water partition coefficient (Wildman–Crippen LogP) is -4.99. The third-order valence-corrected chi connectivity index (χ3v) is 48.7. The fourth-order valence-corrected chi connectivity index (χ4v) is 27.9. The van der Waals surface area contributed by atoms with Gasteiger partial charge in [0.15, 0.2) is 0 Å². The van der Waals surface area contributed by atoms with Crippen molar-refractivity contribution in [2.24, 2.45) is 0 Å². The van der Waals surface area contributed by atoms with Gasteiger partial charge >= 0.3 is 103 Å². The first kappa shape index (κ1) is 168. The fraction of sp³-hybridized carbons (Fsp3) is 0.923. The molecule has 0 fully saturated rings. The summed E-state index contributed by atoms with van der Waals surface area (Å²) in [6, 6.07) is 12.5. The number of nitrogens with zero attached hydrogens (tertiary/aromatic N) is 7. The zero-order valence-electron chi connectivity index (χ0n) is 100. The Morgan fingerprint density at radius 2 is 0.277 bits per heavy atom. The van der Waals surface area contributed by atoms with E-state index in [1.54, 1.807) is 99.5 Å². The van der Waals surface area contributed by atoms with Gasteiger partial charge in [-0.25, -0.2) is 33.6 Å². The number of quaternary nitrogens is 7. The molecule has 0 aliphatic rings. The third kappa shape index (κ3) is 104. The first-order valence-electron chi connectivity index (χ1n) is 50.4. The van der Waals surface area contributed by atoms with Crippen molar-refractivity contribution in [1.29, 1.82) is 0 Å². The molecule has 0 aromatic heterocycles. The fourth-order valence-electron chi connectivity index (χ4n) is 12.4. The Hall–Kier alpha value is -4.77. The minimum absolute atomic E-state index is 0. The lowest BCUT2D eigenvalue weighted by atomic mass is 10.3. The molecule has 0 saturated heterocycles. The lowest BCUT2D eigenvalue weighted by molar-refractivity contribution is -0.870. The van der Waals surface area contributed by atoms with Crippen molar-refractivity contribution in [1.82, 2.24) is 37.2 Å². The topological polar surface area (TPSA) is 467 Å². The van der Waals surface area contributed by atoms with E-state index in [1.165, 1.54) is 0 Å². The largest absolute Gasteiger partial charge is 1.00 e. The Kier molecular flexibility index (Phi) is 107. The number of alkyl carbamates (subject to hydrolysis) is 7. The standard InChI is InChI=1S/7C13H30N2O4Si.BO3.4FH/c7*1-7-20(17-5,18-6)12-8-9-14-13(16)19-11-10-15(2,3)4;2-1(3)4;;;;/h7*7-12H2,1-6H3;;4*1H/q;;;;;;;-3;;;;/p+3. The number of hydrogen-bond acceptors (Lipinski definition) is 31. The molecular formula is C91H217BF4N14O31Si7. The molecule has 896 valence electrons. The molecule has 148 heavy (non-hydrogen) atoms. The van der Waals surface area contributed by atoms with Gasteiger partial charge in [-0.1, -0.05) is 48.5 Å². The number of nitrogens with one attached hydrogen (secondary N) is 7. The monoisotopic (exact) mass is 2290 g/mol. The first-order valence-corrected chi connectivity index (χ1v) is 66.0. The third-order valence-electron chi connectivity index (χ3n) is 23.0. The molecule has 0 spiro atoms. The van der Waals surface area contributed by atoms with Gasteiger partial charge < -0.3 is 198 Å². The van der Waals surface area contributed by atoms with E-state index in [4.69, 9.17) is 110 Å². The molecule has 0 saturated carbocycles. The molecule has 0 rings (SSSR count). The smallest absolute Gasteiger partial charge is 0.407 e. The number of rotatable bonds is 70. The molecular weight excluding hydrogens is 2070 g/mol. The van der Waals surface area contributed by atoms with Crippen LogP contribution in [-0.2, 0) is 95.1 Å². The van der Waals surface area contributed by atoms with Crippen LogP contribution in [0.25, 0.3) is 0 Å². The van der Waals surface area contributed by atoms with E-state index < -0.39 is 67.2 Å². The van der Waals surface area contributed by atoms with Gasteiger partial charge in [0.25, 0.3) is 0 Å². The zero-order chi connectivity index (χ0) is 113. The minimum atomic E-state index is -2.92. The van der Waals surface area contributed by atoms with Crippen LogP contribution in [0, 0.1) is 0 Å². The average molecular weight is 2290 g/mol. The van der Waals surface area contributed by atoms with Crippen molar-refractivity contribution in [3.8, 4) is 0 Å². The summed E-state index contributed by atoms with van der Waals surface area (Å²) in [5, 5.41) is 44.5. The van der Waals surface area contributed by atoms with E-state index in [0.29, 0.717) is 92.1 Å². The quantitative estimate of drug-likeness (QED) is 0.00986. The van der Waals surface area contributed by atoms with Crippen molar-refractivity contribution in [2.45, 2.75) is 178 Å². The highest BCUT2D eigenvalue weighted by atomic mass is 28.4. The number of likely N-dealkylation sites (N-methyl/N-ethyl adjacent to an activating group) is 7. The Labute approximate surface area is 899 Å². The number of ether oxygens (including phenoxy) is 7. The number of halogens is 4. The van der Waals surface area contributed by atoms with Crippen LogP contribution >= 0.6 is 0 Å². The second-order valence-corrected chi connectivity index (χ2v) is 68.2. The Morgan fingerprint density at radius 1 is 0.196 bits per heavy atom. The van der Waals surface area contributed by atoms with Crippen molar-refractivity contribution in [3.63, 3.8) is 0 Å². The van der Waals surface area contributed by atoms with E-state index in [-0.39, 0.29) is 61.5 Å². The molecule has 45 nitrogen and oxygen atoms in total. The molecule has 0 heterocycles. The summed E-state index contributed by atoms with van der Waals surface area (Å²) in [5.41, 5.74) is 0. The highest BCUT2D eigenvalue weighted by molar-refractivity contribution is 6.69. The van der Waals surface area contributed by atoms with E-state index in [9.17, 15) is 33.6 Å². The molecule has 0 atom stereocenters. The molecule has 0 radical (unpaired) electrons. The SMILES string of the molecule is CC[Si](CCCNC(=O)OCC[N+](C)(C)C)(OC)OC.CC[Si](CCCNC(=O)OCC[N+](C)(C)C)(OC)OC.CC[Si](CCCNC(=O)OCC[N+](C)(C)C)(OC)OC.CC[Si](CCCNC(=O)OCC[N+](C)(C)C)(OC)OC.CC[Si](CCCNC(=O)OCC[N+](C)(C)C)(OC)OC.CC[Si](CCCNC(=O)OCC[N+](C)(C)C)(OC)OC.CC[Si](CCCNC(=O)OCC[N+](C)(C)C)(OC)OC.[F-].[F-].[F-].[F-].[O-]B([O-])[O-]. The molecule has 7 amide bonds. The van der Waals surface area contributed by atoms with Gasteiger partial charge in [-0.2, -0.15) is 0 Å². The van der Waals surface area contributed by atoms with Gasteiger partial charge in [-0.05, 0) is 130 Å². The molecule has 0 unspecified atom stereocenters. The molecule has 0 aromatic carbocycles. The summed E-state index contributed by atoms with van der Waals surface area (Å²) in [6.45, 7) is 27.2. The minimum Gasteiger partial charge on any atom is -1.00 e. The highest BCUT2D eigenvalue weighted by Gasteiger charge is 2.38. The Morgan fingerprint density at radius 3 is 0.338 bits per heavy atom. The molecule has 57 heteroatoms. The second-order valence-electron chi connectivity index (χ2n) is 41.3. The van der Waals surface area contributed by atoms with E-state index in [1.807, 2.05) is 0 Å². The van der Waals surface area contributed by atoms with Crippen molar-refractivity contribution in [2.75, 3.05) is 385 Å². The van der Waals surface area contributed by atoms with Crippen LogP contribution in [-0.4, -0.2) is 527 Å². The maximum Gasteiger partial charge on any atom is 0.407 e. The maximum absolute atomic E-state index is 11.5. The molecule has 0 aliphatic carbocycles. The van der Waals surface area contributed by atoms with Gasteiger partial charge in [0.05, 0.1) is 148 Å². The first-order chi connectivity index (χ1) is 66.7. The second kappa shape index (κ2) is 94.5. The van der Waals surface area contributed by atoms with Crippen LogP contribution < -0.4 is 71.1 Å². The summed E-state index contributed by atoms with van der Waals surface area (Å²) in [7, 11) is 49.9. The Bertz CT molecular complexity index is 2530. The average Bonchev–Trinajstić information content (AvgIpc) is 0.917. The summed E-state index contributed by atoms with van der Waals surface area (Å²) >= 11 is 0. The van der Waals surface area contributed by atoms with Crippen molar-refractivity contribution in [3.05, 3.63) is 0 Å². The zero-order valence-corrected chi connectivity index (χ0v) is 107. The van der Waals surface area contributed by atoms with Gasteiger partial charge in [0.1, 0.15) is 92.1 Å². The van der Waals surface area contributed by atoms with Crippen LogP contribution in [0.3, 0.4) is 0 Å². The molecule has 0 aromatic rings. The lowest BCUT2D eigenvalue weighted by Crippen LogP contribution is -3.00. The van der Waals surface area contributed by atoms with Gasteiger partial charge in [-0.3, -0.25) is 7.32 Å². The number of carbonyl (C=O) groups is 7. The molecule has 0 bridgehead atoms. The van der Waals surface area contributed by atoms with Crippen LogP contribution in [0.4, 0.5) is 33.6 Å². The van der Waals surface area contributed by atoms with E-state index in [0.717, 1.165) is 207 Å². The number of hydrogen-bond donors (Lipinski definition) is 7. The lowest BCUT2D eigenvalue weighted by Gasteiger charge is -2.35. The van der Waals surface area contributed by atoms with Crippen molar-refractivity contribution < 1.29 is 194 Å². The maximum atomic E-state index is 11.5. The number of carbonyl (C=O) groups excluding carboxylic acids is 7.